The summed E-state index contributed by atoms with van der Waals surface area (Å²) in [5.41, 5.74) is 4.15. The monoisotopic (exact) mass is 298 g/mol. The fourth-order valence-corrected chi connectivity index (χ4v) is 2.33. The lowest BCUT2D eigenvalue weighted by Crippen LogP contribution is -2.35. The van der Waals surface area contributed by atoms with Crippen LogP contribution >= 0.6 is 15.9 Å². The number of aromatic carboxylic acids is 1. The first-order chi connectivity index (χ1) is 8.16. The van der Waals surface area contributed by atoms with Crippen LogP contribution < -0.4 is 5.43 Å². The van der Waals surface area contributed by atoms with Crippen molar-refractivity contribution in [3.8, 4) is 0 Å². The molecule has 0 atom stereocenters. The van der Waals surface area contributed by atoms with E-state index in [0.29, 0.717) is 11.3 Å². The molecular formula is C12H15BrN2O2. The molecule has 1 aliphatic heterocycles. The minimum absolute atomic E-state index is 0.304. The van der Waals surface area contributed by atoms with Crippen LogP contribution in [0.4, 0.5) is 5.69 Å². The maximum Gasteiger partial charge on any atom is 0.337 e. The SMILES string of the molecule is O=C(O)c1ccc(Br)cc1NN1CCCCC1. The van der Waals surface area contributed by atoms with Crippen molar-refractivity contribution in [2.24, 2.45) is 0 Å². The van der Waals surface area contributed by atoms with Crippen molar-refractivity contribution in [1.29, 1.82) is 0 Å². The molecule has 1 fully saturated rings. The molecule has 1 saturated heterocycles. The maximum atomic E-state index is 11.1. The number of rotatable bonds is 3. The molecular weight excluding hydrogens is 284 g/mol. The lowest BCUT2D eigenvalue weighted by Gasteiger charge is -2.28. The highest BCUT2D eigenvalue weighted by Crippen LogP contribution is 2.23. The van der Waals surface area contributed by atoms with E-state index in [2.05, 4.69) is 26.4 Å². The van der Waals surface area contributed by atoms with E-state index in [1.54, 1.807) is 18.2 Å². The molecule has 0 amide bonds. The van der Waals surface area contributed by atoms with Gasteiger partial charge in [0.25, 0.3) is 0 Å². The van der Waals surface area contributed by atoms with Crippen LogP contribution in [0.5, 0.6) is 0 Å². The minimum atomic E-state index is -0.906. The molecule has 1 aromatic rings. The van der Waals surface area contributed by atoms with Gasteiger partial charge in [-0.05, 0) is 31.0 Å². The Bertz CT molecular complexity index is 417. The smallest absolute Gasteiger partial charge is 0.337 e. The van der Waals surface area contributed by atoms with Crippen LogP contribution in [0, 0.1) is 0 Å². The van der Waals surface area contributed by atoms with Crippen molar-refractivity contribution in [3.05, 3.63) is 28.2 Å². The maximum absolute atomic E-state index is 11.1. The molecule has 92 valence electrons. The van der Waals surface area contributed by atoms with Gasteiger partial charge in [0.15, 0.2) is 0 Å². The van der Waals surface area contributed by atoms with Gasteiger partial charge in [-0.1, -0.05) is 22.4 Å². The molecule has 0 bridgehead atoms. The quantitative estimate of drug-likeness (QED) is 0.901. The Morgan fingerprint density at radius 1 is 1.29 bits per heavy atom. The van der Waals surface area contributed by atoms with Gasteiger partial charge < -0.3 is 10.5 Å². The van der Waals surface area contributed by atoms with Crippen LogP contribution in [0.1, 0.15) is 29.6 Å². The number of carboxylic acid groups (broad SMARTS) is 1. The Kier molecular flexibility index (Phi) is 4.02. The summed E-state index contributed by atoms with van der Waals surface area (Å²) in [5.74, 6) is -0.906. The Morgan fingerprint density at radius 3 is 2.65 bits per heavy atom. The van der Waals surface area contributed by atoms with Crippen molar-refractivity contribution < 1.29 is 9.90 Å². The fourth-order valence-electron chi connectivity index (χ4n) is 1.97. The number of hydrogen-bond acceptors (Lipinski definition) is 3. The molecule has 2 N–H and O–H groups in total. The average Bonchev–Trinajstić information content (AvgIpc) is 2.30. The van der Waals surface area contributed by atoms with Crippen LogP contribution in [-0.2, 0) is 0 Å². The normalized spacial score (nSPS) is 16.8. The Labute approximate surface area is 109 Å². The second kappa shape index (κ2) is 5.51. The highest BCUT2D eigenvalue weighted by atomic mass is 79.9. The number of carboxylic acids is 1. The van der Waals surface area contributed by atoms with Gasteiger partial charge in [0, 0.05) is 17.6 Å². The summed E-state index contributed by atoms with van der Waals surface area (Å²) in [6, 6.07) is 5.15. The second-order valence-electron chi connectivity index (χ2n) is 4.15. The first kappa shape index (κ1) is 12.4. The van der Waals surface area contributed by atoms with E-state index in [0.717, 1.165) is 30.4 Å². The van der Waals surface area contributed by atoms with Gasteiger partial charge in [-0.15, -0.1) is 0 Å². The summed E-state index contributed by atoms with van der Waals surface area (Å²) < 4.78 is 0.877. The number of benzene rings is 1. The number of hydrogen-bond donors (Lipinski definition) is 2. The van der Waals surface area contributed by atoms with Gasteiger partial charge in [0.1, 0.15) is 0 Å². The third-order valence-electron chi connectivity index (χ3n) is 2.85. The van der Waals surface area contributed by atoms with E-state index in [1.807, 2.05) is 0 Å². The molecule has 17 heavy (non-hydrogen) atoms. The number of nitrogens with zero attached hydrogens (tertiary/aromatic N) is 1. The number of hydrazine groups is 1. The minimum Gasteiger partial charge on any atom is -0.478 e. The van der Waals surface area contributed by atoms with Crippen LogP contribution in [-0.4, -0.2) is 29.2 Å². The third-order valence-corrected chi connectivity index (χ3v) is 3.34. The molecule has 1 heterocycles. The van der Waals surface area contributed by atoms with Gasteiger partial charge in [0.2, 0.25) is 0 Å². The first-order valence-electron chi connectivity index (χ1n) is 5.71. The number of halogens is 1. The summed E-state index contributed by atoms with van der Waals surface area (Å²) in [6.45, 7) is 1.93. The van der Waals surface area contributed by atoms with E-state index >= 15 is 0 Å². The van der Waals surface area contributed by atoms with Gasteiger partial charge in [0.05, 0.1) is 11.3 Å². The van der Waals surface area contributed by atoms with Gasteiger partial charge in [-0.2, -0.15) is 0 Å². The van der Waals surface area contributed by atoms with Gasteiger partial charge >= 0.3 is 5.97 Å². The molecule has 0 unspecified atom stereocenters. The third kappa shape index (κ3) is 3.20. The van der Waals surface area contributed by atoms with E-state index in [4.69, 9.17) is 5.11 Å². The summed E-state index contributed by atoms with van der Waals surface area (Å²) in [4.78, 5) is 11.1. The molecule has 1 aromatic carbocycles. The molecule has 4 nitrogen and oxygen atoms in total. The molecule has 0 spiro atoms. The predicted octanol–water partition coefficient (Wildman–Crippen LogP) is 2.96. The number of nitrogens with one attached hydrogen (secondary N) is 1. The van der Waals surface area contributed by atoms with Gasteiger partial charge in [-0.3, -0.25) is 0 Å². The summed E-state index contributed by atoms with van der Waals surface area (Å²) in [7, 11) is 0. The standard InChI is InChI=1S/C12H15BrN2O2/c13-9-4-5-10(12(16)17)11(8-9)14-15-6-2-1-3-7-15/h4-5,8,14H,1-3,6-7H2,(H,16,17). The molecule has 0 aliphatic carbocycles. The average molecular weight is 299 g/mol. The van der Waals surface area contributed by atoms with E-state index in [1.165, 1.54) is 6.42 Å². The summed E-state index contributed by atoms with van der Waals surface area (Å²) in [6.07, 6.45) is 3.56. The summed E-state index contributed by atoms with van der Waals surface area (Å²) in [5, 5.41) is 11.2. The van der Waals surface area contributed by atoms with E-state index in [-0.39, 0.29) is 0 Å². The van der Waals surface area contributed by atoms with E-state index in [9.17, 15) is 4.79 Å². The van der Waals surface area contributed by atoms with Gasteiger partial charge in [-0.25, -0.2) is 9.80 Å². The van der Waals surface area contributed by atoms with Crippen molar-refractivity contribution >= 4 is 27.6 Å². The Hall–Kier alpha value is -1.07. The highest BCUT2D eigenvalue weighted by Gasteiger charge is 2.14. The largest absolute Gasteiger partial charge is 0.478 e. The predicted molar refractivity (Wildman–Crippen MR) is 70.1 cm³/mol. The van der Waals surface area contributed by atoms with Crippen LogP contribution in [0.2, 0.25) is 0 Å². The number of carbonyl (C=O) groups is 1. The van der Waals surface area contributed by atoms with Crippen molar-refractivity contribution in [2.45, 2.75) is 19.3 Å². The Morgan fingerprint density at radius 2 is 2.00 bits per heavy atom. The summed E-state index contributed by atoms with van der Waals surface area (Å²) >= 11 is 3.36. The van der Waals surface area contributed by atoms with Crippen molar-refractivity contribution in [2.75, 3.05) is 18.5 Å². The number of piperidine rings is 1. The number of anilines is 1. The van der Waals surface area contributed by atoms with E-state index < -0.39 is 5.97 Å². The van der Waals surface area contributed by atoms with Crippen molar-refractivity contribution in [1.82, 2.24) is 5.01 Å². The zero-order chi connectivity index (χ0) is 12.3. The topological polar surface area (TPSA) is 52.6 Å². The molecule has 2 rings (SSSR count). The lowest BCUT2D eigenvalue weighted by atomic mass is 10.1. The zero-order valence-corrected chi connectivity index (χ0v) is 11.0. The van der Waals surface area contributed by atoms with Crippen LogP contribution in [0.25, 0.3) is 0 Å². The van der Waals surface area contributed by atoms with Crippen LogP contribution in [0.15, 0.2) is 22.7 Å². The highest BCUT2D eigenvalue weighted by molar-refractivity contribution is 9.10. The van der Waals surface area contributed by atoms with Crippen LogP contribution in [0.3, 0.4) is 0 Å². The molecule has 5 heteroatoms. The molecule has 0 saturated carbocycles. The second-order valence-corrected chi connectivity index (χ2v) is 5.07. The Balaban J connectivity index is 2.17. The molecule has 0 aromatic heterocycles. The lowest BCUT2D eigenvalue weighted by molar-refractivity contribution is 0.0697. The molecule has 0 radical (unpaired) electrons. The zero-order valence-electron chi connectivity index (χ0n) is 9.45. The fraction of sp³-hybridized carbons (Fsp3) is 0.417. The first-order valence-corrected chi connectivity index (χ1v) is 6.50. The molecule has 1 aliphatic rings. The van der Waals surface area contributed by atoms with Crippen molar-refractivity contribution in [3.63, 3.8) is 0 Å².